The van der Waals surface area contributed by atoms with Crippen LogP contribution in [0.5, 0.6) is 0 Å². The van der Waals surface area contributed by atoms with Gasteiger partial charge in [0.25, 0.3) is 10.1 Å². The second-order valence-corrected chi connectivity index (χ2v) is 3.22. The molecule has 0 N–H and O–H groups in total. The van der Waals surface area contributed by atoms with Gasteiger partial charge in [-0.25, -0.2) is 0 Å². The number of ether oxygens (including phenoxy) is 1. The summed E-state index contributed by atoms with van der Waals surface area (Å²) in [4.78, 5) is 4.25. The van der Waals surface area contributed by atoms with E-state index in [1.165, 1.54) is 14.0 Å². The molecule has 0 heterocycles. The highest BCUT2D eigenvalue weighted by atomic mass is 32.2. The van der Waals surface area contributed by atoms with Gasteiger partial charge in [0.15, 0.2) is 6.29 Å². The first-order valence-corrected chi connectivity index (χ1v) is 4.35. The molecule has 1 unspecified atom stereocenters. The average Bonchev–Trinajstić information content (AvgIpc) is 1.81. The predicted molar refractivity (Wildman–Crippen MR) is 33.5 cm³/mol. The molecule has 0 bridgehead atoms. The van der Waals surface area contributed by atoms with E-state index in [-0.39, 0.29) is 0 Å². The zero-order chi connectivity index (χ0) is 8.20. The van der Waals surface area contributed by atoms with Gasteiger partial charge in [-0.05, 0) is 6.92 Å². The topological polar surface area (TPSA) is 61.8 Å². The minimum absolute atomic E-state index is 0.685. The van der Waals surface area contributed by atoms with Crippen molar-refractivity contribution in [2.45, 2.75) is 13.2 Å². The van der Waals surface area contributed by atoms with Crippen molar-refractivity contribution in [3.63, 3.8) is 0 Å². The Balaban J connectivity index is 3.56. The summed E-state index contributed by atoms with van der Waals surface area (Å²) in [6.07, 6.45) is 0.199. The van der Waals surface area contributed by atoms with Gasteiger partial charge in [0.05, 0.1) is 6.26 Å². The van der Waals surface area contributed by atoms with Crippen LogP contribution in [0.1, 0.15) is 6.92 Å². The van der Waals surface area contributed by atoms with Gasteiger partial charge in [-0.3, -0.25) is 0 Å². The number of methoxy groups -OCH3 is 1. The summed E-state index contributed by atoms with van der Waals surface area (Å²) in [5.41, 5.74) is 0. The monoisotopic (exact) mass is 170 g/mol. The van der Waals surface area contributed by atoms with Gasteiger partial charge in [-0.2, -0.15) is 13.3 Å². The van der Waals surface area contributed by atoms with Crippen LogP contribution in [0.25, 0.3) is 0 Å². The van der Waals surface area contributed by atoms with Gasteiger partial charge < -0.3 is 4.74 Å². The Labute approximate surface area is 59.9 Å². The molecule has 0 aromatic heterocycles. The lowest BCUT2D eigenvalue weighted by Crippen LogP contribution is -2.14. The second kappa shape index (κ2) is 3.87. The second-order valence-electron chi connectivity index (χ2n) is 1.67. The molecule has 0 radical (unpaired) electrons. The van der Waals surface area contributed by atoms with Crippen LogP contribution in [0.15, 0.2) is 0 Å². The molecule has 0 saturated heterocycles. The Morgan fingerprint density at radius 2 is 1.90 bits per heavy atom. The van der Waals surface area contributed by atoms with Crippen molar-refractivity contribution >= 4 is 10.1 Å². The van der Waals surface area contributed by atoms with Gasteiger partial charge in [0.2, 0.25) is 0 Å². The first kappa shape index (κ1) is 9.83. The van der Waals surface area contributed by atoms with Crippen LogP contribution in [-0.2, 0) is 24.1 Å². The molecule has 0 aliphatic rings. The fourth-order valence-electron chi connectivity index (χ4n) is 0.166. The Morgan fingerprint density at radius 1 is 1.40 bits per heavy atom. The average molecular weight is 170 g/mol. The van der Waals surface area contributed by atoms with E-state index in [1.54, 1.807) is 0 Å². The van der Waals surface area contributed by atoms with Gasteiger partial charge in [0.1, 0.15) is 0 Å². The van der Waals surface area contributed by atoms with E-state index < -0.39 is 16.4 Å². The van der Waals surface area contributed by atoms with E-state index in [0.29, 0.717) is 0 Å². The maximum atomic E-state index is 10.2. The summed E-state index contributed by atoms with van der Waals surface area (Å²) < 4.78 is 29.0. The first-order chi connectivity index (χ1) is 4.45. The van der Waals surface area contributed by atoms with Crippen LogP contribution in [0.2, 0.25) is 0 Å². The van der Waals surface area contributed by atoms with E-state index in [4.69, 9.17) is 0 Å². The van der Waals surface area contributed by atoms with Crippen molar-refractivity contribution in [1.82, 2.24) is 0 Å². The van der Waals surface area contributed by atoms with Gasteiger partial charge in [-0.1, -0.05) is 0 Å². The zero-order valence-corrected chi connectivity index (χ0v) is 6.84. The summed E-state index contributed by atoms with van der Waals surface area (Å²) in [5.74, 6) is 0. The molecule has 0 aliphatic carbocycles. The van der Waals surface area contributed by atoms with Crippen LogP contribution in [0.3, 0.4) is 0 Å². The number of rotatable bonds is 4. The highest BCUT2D eigenvalue weighted by Gasteiger charge is 2.06. The Bertz CT molecular complexity index is 172. The lowest BCUT2D eigenvalue weighted by Gasteiger charge is -2.06. The fourth-order valence-corrected chi connectivity index (χ4v) is 0.419. The third kappa shape index (κ3) is 5.96. The zero-order valence-electron chi connectivity index (χ0n) is 6.03. The molecule has 0 fully saturated rings. The number of hydrogen-bond donors (Lipinski definition) is 0. The normalized spacial score (nSPS) is 15.1. The third-order valence-electron chi connectivity index (χ3n) is 0.630. The molecular weight excluding hydrogens is 160 g/mol. The fraction of sp³-hybridized carbons (Fsp3) is 1.00. The number of hydrogen-bond acceptors (Lipinski definition) is 5. The first-order valence-electron chi connectivity index (χ1n) is 2.53. The maximum Gasteiger partial charge on any atom is 0.290 e. The third-order valence-corrected chi connectivity index (χ3v) is 0.956. The van der Waals surface area contributed by atoms with Crippen molar-refractivity contribution < 1.29 is 22.4 Å². The Hall–Kier alpha value is -0.170. The summed E-state index contributed by atoms with van der Waals surface area (Å²) in [5, 5.41) is 0. The van der Waals surface area contributed by atoms with E-state index in [9.17, 15) is 8.42 Å². The van der Waals surface area contributed by atoms with E-state index in [2.05, 4.69) is 14.0 Å². The summed E-state index contributed by atoms with van der Waals surface area (Å²) in [6, 6.07) is 0. The maximum absolute atomic E-state index is 10.2. The standard InChI is InChI=1S/C4H10O5S/c1-4(7-2)8-9-10(3,5)6/h4H,1-3H3. The SMILES string of the molecule is COC(C)OOS(C)(=O)=O. The molecule has 10 heavy (non-hydrogen) atoms. The van der Waals surface area contributed by atoms with Gasteiger partial charge in [0, 0.05) is 7.11 Å². The molecule has 0 spiro atoms. The summed E-state index contributed by atoms with van der Waals surface area (Å²) in [6.45, 7) is 1.51. The largest absolute Gasteiger partial charge is 0.353 e. The predicted octanol–water partition coefficient (Wildman–Crippen LogP) is -0.113. The van der Waals surface area contributed by atoms with Crippen molar-refractivity contribution in [1.29, 1.82) is 0 Å². The highest BCUT2D eigenvalue weighted by Crippen LogP contribution is 1.95. The van der Waals surface area contributed by atoms with Crippen LogP contribution >= 0.6 is 0 Å². The van der Waals surface area contributed by atoms with Crippen molar-refractivity contribution in [3.05, 3.63) is 0 Å². The quantitative estimate of drug-likeness (QED) is 0.334. The molecule has 0 saturated carbocycles. The molecule has 6 heteroatoms. The summed E-state index contributed by atoms with van der Waals surface area (Å²) >= 11 is 0. The highest BCUT2D eigenvalue weighted by molar-refractivity contribution is 7.85. The molecule has 0 aliphatic heterocycles. The molecule has 0 rings (SSSR count). The van der Waals surface area contributed by atoms with Crippen molar-refractivity contribution in [3.8, 4) is 0 Å². The van der Waals surface area contributed by atoms with Crippen LogP contribution < -0.4 is 0 Å². The Morgan fingerprint density at radius 3 is 2.20 bits per heavy atom. The smallest absolute Gasteiger partial charge is 0.290 e. The Kier molecular flexibility index (Phi) is 3.80. The van der Waals surface area contributed by atoms with E-state index >= 15 is 0 Å². The minimum atomic E-state index is -3.53. The van der Waals surface area contributed by atoms with Crippen molar-refractivity contribution in [2.75, 3.05) is 13.4 Å². The van der Waals surface area contributed by atoms with Crippen LogP contribution in [0, 0.1) is 0 Å². The molecule has 1 atom stereocenters. The molecule has 0 aromatic rings. The van der Waals surface area contributed by atoms with Crippen molar-refractivity contribution in [2.24, 2.45) is 0 Å². The van der Waals surface area contributed by atoms with Gasteiger partial charge in [-0.15, -0.1) is 4.33 Å². The molecular formula is C4H10O5S. The van der Waals surface area contributed by atoms with E-state index in [0.717, 1.165) is 6.26 Å². The molecule has 0 aromatic carbocycles. The molecule has 5 nitrogen and oxygen atoms in total. The molecule has 62 valence electrons. The van der Waals surface area contributed by atoms with E-state index in [1.807, 2.05) is 0 Å². The minimum Gasteiger partial charge on any atom is -0.353 e. The lowest BCUT2D eigenvalue weighted by atomic mass is 10.8. The molecule has 0 amide bonds. The van der Waals surface area contributed by atoms with Gasteiger partial charge >= 0.3 is 0 Å². The summed E-state index contributed by atoms with van der Waals surface area (Å²) in [7, 11) is -2.16. The van der Waals surface area contributed by atoms with Crippen LogP contribution in [-0.4, -0.2) is 28.1 Å². The van der Waals surface area contributed by atoms with Crippen LogP contribution in [0.4, 0.5) is 0 Å². The lowest BCUT2D eigenvalue weighted by molar-refractivity contribution is -0.302.